The Hall–Kier alpha value is -3.85. The number of nitrogens with zero attached hydrogens (tertiary/aromatic N) is 3. The molecule has 3 aromatic rings. The van der Waals surface area contributed by atoms with Gasteiger partial charge in [-0.1, -0.05) is 30.3 Å². The number of carbonyl (C=O) groups is 2. The van der Waals surface area contributed by atoms with Gasteiger partial charge in [-0.2, -0.15) is 0 Å². The molecule has 0 spiro atoms. The maximum absolute atomic E-state index is 14.0. The number of aromatic nitrogens is 1. The first-order chi connectivity index (χ1) is 18.0. The fourth-order valence-electron chi connectivity index (χ4n) is 3.98. The van der Waals surface area contributed by atoms with E-state index in [4.69, 9.17) is 14.2 Å². The average molecular weight is 523 g/mol. The van der Waals surface area contributed by atoms with E-state index >= 15 is 0 Å². The van der Waals surface area contributed by atoms with E-state index in [0.29, 0.717) is 53.2 Å². The Morgan fingerprint density at radius 1 is 1.00 bits per heavy atom. The summed E-state index contributed by atoms with van der Waals surface area (Å²) in [5, 5.41) is 4.01. The van der Waals surface area contributed by atoms with E-state index in [1.54, 1.807) is 53.3 Å². The fourth-order valence-corrected chi connectivity index (χ4v) is 3.98. The third kappa shape index (κ3) is 7.58. The van der Waals surface area contributed by atoms with Gasteiger partial charge in [0.2, 0.25) is 0 Å². The van der Waals surface area contributed by atoms with E-state index in [1.807, 2.05) is 54.2 Å². The molecular formula is C29H38N4O5. The van der Waals surface area contributed by atoms with Crippen molar-refractivity contribution in [2.24, 2.45) is 0 Å². The van der Waals surface area contributed by atoms with Crippen LogP contribution in [-0.4, -0.2) is 73.8 Å². The van der Waals surface area contributed by atoms with Crippen molar-refractivity contribution in [1.29, 1.82) is 0 Å². The normalized spacial score (nSPS) is 11.4. The first-order valence-electron chi connectivity index (χ1n) is 12.5. The minimum Gasteiger partial charge on any atom is -0.497 e. The molecule has 2 aromatic carbocycles. The quantitative estimate of drug-likeness (QED) is 0.420. The number of pyridine rings is 1. The van der Waals surface area contributed by atoms with Crippen LogP contribution in [0.1, 0.15) is 42.4 Å². The van der Waals surface area contributed by atoms with Crippen molar-refractivity contribution in [2.45, 2.75) is 39.5 Å². The zero-order chi connectivity index (χ0) is 27.9. The highest BCUT2D eigenvalue weighted by Crippen LogP contribution is 2.35. The SMILES string of the molecule is COc1cc(OC)c2c(CNC(=O)OC(C)(C)C)ncc(C(=O)N(CCN(C)C)Cc3ccccc3)c2c1. The van der Waals surface area contributed by atoms with Crippen molar-refractivity contribution in [2.75, 3.05) is 41.4 Å². The van der Waals surface area contributed by atoms with Crippen LogP contribution in [0.15, 0.2) is 48.7 Å². The summed E-state index contributed by atoms with van der Waals surface area (Å²) in [6.07, 6.45) is 1.00. The maximum atomic E-state index is 14.0. The predicted molar refractivity (Wildman–Crippen MR) is 148 cm³/mol. The van der Waals surface area contributed by atoms with E-state index < -0.39 is 11.7 Å². The molecule has 1 N–H and O–H groups in total. The number of nitrogens with one attached hydrogen (secondary N) is 1. The summed E-state index contributed by atoms with van der Waals surface area (Å²) in [5.41, 5.74) is 1.37. The Morgan fingerprint density at radius 2 is 1.71 bits per heavy atom. The van der Waals surface area contributed by atoms with Crippen LogP contribution >= 0.6 is 0 Å². The molecule has 0 aliphatic heterocycles. The van der Waals surface area contributed by atoms with Gasteiger partial charge >= 0.3 is 6.09 Å². The Morgan fingerprint density at radius 3 is 2.32 bits per heavy atom. The molecule has 2 amide bonds. The molecule has 0 saturated heterocycles. The first-order valence-corrected chi connectivity index (χ1v) is 12.5. The van der Waals surface area contributed by atoms with Crippen LogP contribution in [0.25, 0.3) is 10.8 Å². The highest BCUT2D eigenvalue weighted by atomic mass is 16.6. The van der Waals surface area contributed by atoms with Gasteiger partial charge in [0.1, 0.15) is 17.1 Å². The largest absolute Gasteiger partial charge is 0.497 e. The third-order valence-electron chi connectivity index (χ3n) is 5.81. The minimum atomic E-state index is -0.629. The second-order valence-corrected chi connectivity index (χ2v) is 10.2. The summed E-state index contributed by atoms with van der Waals surface area (Å²) < 4.78 is 16.5. The number of hydrogen-bond donors (Lipinski definition) is 1. The average Bonchev–Trinajstić information content (AvgIpc) is 2.87. The molecule has 0 bridgehead atoms. The monoisotopic (exact) mass is 522 g/mol. The molecule has 9 heteroatoms. The van der Waals surface area contributed by atoms with Gasteiger partial charge < -0.3 is 29.3 Å². The van der Waals surface area contributed by atoms with E-state index in [9.17, 15) is 9.59 Å². The van der Waals surface area contributed by atoms with E-state index in [1.165, 1.54) is 0 Å². The van der Waals surface area contributed by atoms with Gasteiger partial charge in [0.05, 0.1) is 32.0 Å². The van der Waals surface area contributed by atoms with Crippen LogP contribution in [0, 0.1) is 0 Å². The number of amides is 2. The molecule has 0 aliphatic rings. The van der Waals surface area contributed by atoms with Crippen molar-refractivity contribution in [3.63, 3.8) is 0 Å². The molecule has 0 atom stereocenters. The van der Waals surface area contributed by atoms with Crippen molar-refractivity contribution in [3.05, 3.63) is 65.5 Å². The summed E-state index contributed by atoms with van der Waals surface area (Å²) in [5.74, 6) is 0.879. The van der Waals surface area contributed by atoms with Gasteiger partial charge in [0.25, 0.3) is 5.91 Å². The summed E-state index contributed by atoms with van der Waals surface area (Å²) in [7, 11) is 7.06. The Bertz CT molecular complexity index is 1260. The van der Waals surface area contributed by atoms with Gasteiger partial charge in [-0.3, -0.25) is 9.78 Å². The second kappa shape index (κ2) is 12.6. The molecule has 3 rings (SSSR count). The van der Waals surface area contributed by atoms with Crippen molar-refractivity contribution in [1.82, 2.24) is 20.1 Å². The Labute approximate surface area is 224 Å². The van der Waals surface area contributed by atoms with Gasteiger partial charge in [0.15, 0.2) is 0 Å². The predicted octanol–water partition coefficient (Wildman–Crippen LogP) is 4.48. The Kier molecular flexibility index (Phi) is 9.52. The van der Waals surface area contributed by atoms with Gasteiger partial charge in [-0.15, -0.1) is 0 Å². The molecule has 0 radical (unpaired) electrons. The van der Waals surface area contributed by atoms with Crippen LogP contribution in [0.2, 0.25) is 0 Å². The van der Waals surface area contributed by atoms with Crippen molar-refractivity contribution in [3.8, 4) is 11.5 Å². The number of benzene rings is 2. The fraction of sp³-hybridized carbons (Fsp3) is 0.414. The molecule has 0 saturated carbocycles. The first kappa shape index (κ1) is 28.7. The van der Waals surface area contributed by atoms with Crippen molar-refractivity contribution < 1.29 is 23.8 Å². The lowest BCUT2D eigenvalue weighted by molar-refractivity contribution is 0.0522. The Balaban J connectivity index is 2.05. The lowest BCUT2D eigenvalue weighted by atomic mass is 10.0. The van der Waals surface area contributed by atoms with Crippen LogP contribution in [0.3, 0.4) is 0 Å². The summed E-state index contributed by atoms with van der Waals surface area (Å²) in [6, 6.07) is 13.4. The molecular weight excluding hydrogens is 484 g/mol. The molecule has 0 unspecified atom stereocenters. The topological polar surface area (TPSA) is 93.2 Å². The maximum Gasteiger partial charge on any atom is 0.407 e. The molecule has 204 valence electrons. The summed E-state index contributed by atoms with van der Waals surface area (Å²) in [6.45, 7) is 7.18. The van der Waals surface area contributed by atoms with Crippen LogP contribution in [0.4, 0.5) is 4.79 Å². The minimum absolute atomic E-state index is 0.0942. The van der Waals surface area contributed by atoms with Crippen LogP contribution in [0.5, 0.6) is 11.5 Å². The number of rotatable bonds is 10. The lowest BCUT2D eigenvalue weighted by Crippen LogP contribution is -2.36. The smallest absolute Gasteiger partial charge is 0.407 e. The molecule has 1 aromatic heterocycles. The molecule has 0 fully saturated rings. The van der Waals surface area contributed by atoms with Gasteiger partial charge in [-0.25, -0.2) is 4.79 Å². The third-order valence-corrected chi connectivity index (χ3v) is 5.81. The van der Waals surface area contributed by atoms with Crippen LogP contribution < -0.4 is 14.8 Å². The number of likely N-dealkylation sites (N-methyl/N-ethyl adjacent to an activating group) is 1. The second-order valence-electron chi connectivity index (χ2n) is 10.2. The highest BCUT2D eigenvalue weighted by molar-refractivity contribution is 6.09. The van der Waals surface area contributed by atoms with Gasteiger partial charge in [-0.05, 0) is 46.5 Å². The number of ether oxygens (including phenoxy) is 3. The van der Waals surface area contributed by atoms with E-state index in [0.717, 1.165) is 5.56 Å². The van der Waals surface area contributed by atoms with Gasteiger partial charge in [0, 0.05) is 42.7 Å². The molecule has 1 heterocycles. The number of hydrogen-bond acceptors (Lipinski definition) is 7. The number of methoxy groups -OCH3 is 2. The number of alkyl carbamates (subject to hydrolysis) is 1. The lowest BCUT2D eigenvalue weighted by Gasteiger charge is -2.26. The number of carbonyl (C=O) groups excluding carboxylic acids is 2. The van der Waals surface area contributed by atoms with E-state index in [-0.39, 0.29) is 12.5 Å². The molecule has 0 aliphatic carbocycles. The number of fused-ring (bicyclic) bond motifs is 1. The summed E-state index contributed by atoms with van der Waals surface area (Å²) >= 11 is 0. The summed E-state index contributed by atoms with van der Waals surface area (Å²) in [4.78, 5) is 34.8. The molecule has 38 heavy (non-hydrogen) atoms. The zero-order valence-corrected chi connectivity index (χ0v) is 23.3. The van der Waals surface area contributed by atoms with E-state index in [2.05, 4.69) is 10.3 Å². The standard InChI is InChI=1S/C29H38N4O5/c1-29(2,3)38-28(35)31-18-24-26-22(15-21(36-6)16-25(26)37-7)23(17-30-24)27(34)33(14-13-32(4)5)19-20-11-9-8-10-12-20/h8-12,15-17H,13-14,18-19H2,1-7H3,(H,31,35). The zero-order valence-electron chi connectivity index (χ0n) is 23.3. The van der Waals surface area contributed by atoms with Crippen LogP contribution in [-0.2, 0) is 17.8 Å². The molecule has 9 nitrogen and oxygen atoms in total. The highest BCUT2D eigenvalue weighted by Gasteiger charge is 2.24. The van der Waals surface area contributed by atoms with Crippen molar-refractivity contribution >= 4 is 22.8 Å².